The van der Waals surface area contributed by atoms with Crippen molar-refractivity contribution in [2.24, 2.45) is 4.99 Å². The molecule has 0 amide bonds. The second-order valence-electron chi connectivity index (χ2n) is 8.71. The Morgan fingerprint density at radius 1 is 1.19 bits per heavy atom. The third-order valence-corrected chi connectivity index (χ3v) is 6.72. The molecule has 0 radical (unpaired) electrons. The van der Waals surface area contributed by atoms with Crippen molar-refractivity contribution in [3.63, 3.8) is 0 Å². The number of rotatable bonds is 8. The summed E-state index contributed by atoms with van der Waals surface area (Å²) in [6.07, 6.45) is 9.31. The van der Waals surface area contributed by atoms with Gasteiger partial charge in [0.15, 0.2) is 5.96 Å². The lowest BCUT2D eigenvalue weighted by atomic mass is 9.80. The summed E-state index contributed by atoms with van der Waals surface area (Å²) in [5, 5.41) is 7.06. The van der Waals surface area contributed by atoms with Crippen LogP contribution >= 0.6 is 0 Å². The van der Waals surface area contributed by atoms with E-state index in [-0.39, 0.29) is 5.54 Å². The van der Waals surface area contributed by atoms with Crippen molar-refractivity contribution < 1.29 is 4.74 Å². The lowest BCUT2D eigenvalue weighted by Crippen LogP contribution is -2.56. The maximum atomic E-state index is 5.60. The SMILES string of the molecule is CCNC(=NCC1(N2CCOCC2)CCCCC1)NCC(C)N(C)C1CC1. The van der Waals surface area contributed by atoms with Gasteiger partial charge >= 0.3 is 0 Å². The zero-order chi connectivity index (χ0) is 19.1. The van der Waals surface area contributed by atoms with E-state index in [2.05, 4.69) is 41.3 Å². The van der Waals surface area contributed by atoms with Crippen LogP contribution in [0.15, 0.2) is 4.99 Å². The van der Waals surface area contributed by atoms with Crippen LogP contribution in [0, 0.1) is 0 Å². The molecule has 6 nitrogen and oxygen atoms in total. The minimum atomic E-state index is 0.237. The molecular weight excluding hydrogens is 338 g/mol. The van der Waals surface area contributed by atoms with E-state index in [1.54, 1.807) is 0 Å². The van der Waals surface area contributed by atoms with Crippen LogP contribution in [-0.4, -0.2) is 86.4 Å². The van der Waals surface area contributed by atoms with Crippen LogP contribution in [-0.2, 0) is 4.74 Å². The summed E-state index contributed by atoms with van der Waals surface area (Å²) < 4.78 is 5.60. The van der Waals surface area contributed by atoms with Crippen molar-refractivity contribution in [1.29, 1.82) is 0 Å². The van der Waals surface area contributed by atoms with Gasteiger partial charge in [-0.25, -0.2) is 0 Å². The van der Waals surface area contributed by atoms with E-state index < -0.39 is 0 Å². The molecule has 1 heterocycles. The Morgan fingerprint density at radius 3 is 2.52 bits per heavy atom. The van der Waals surface area contributed by atoms with Crippen LogP contribution in [0.1, 0.15) is 58.8 Å². The Kier molecular flexibility index (Phi) is 7.79. The molecule has 2 aliphatic carbocycles. The average molecular weight is 380 g/mol. The first kappa shape index (κ1) is 20.9. The quantitative estimate of drug-likeness (QED) is 0.499. The van der Waals surface area contributed by atoms with Gasteiger partial charge in [0.25, 0.3) is 0 Å². The van der Waals surface area contributed by atoms with E-state index in [0.29, 0.717) is 6.04 Å². The Labute approximate surface area is 166 Å². The summed E-state index contributed by atoms with van der Waals surface area (Å²) in [5.41, 5.74) is 0.237. The number of likely N-dealkylation sites (N-methyl/N-ethyl adjacent to an activating group) is 1. The van der Waals surface area contributed by atoms with Crippen LogP contribution in [0.25, 0.3) is 0 Å². The van der Waals surface area contributed by atoms with Crippen molar-refractivity contribution in [3.8, 4) is 0 Å². The molecule has 1 saturated heterocycles. The third-order valence-electron chi connectivity index (χ3n) is 6.72. The normalized spacial score (nSPS) is 25.4. The van der Waals surface area contributed by atoms with Gasteiger partial charge in [0, 0.05) is 43.8 Å². The predicted octanol–water partition coefficient (Wildman–Crippen LogP) is 2.06. The largest absolute Gasteiger partial charge is 0.379 e. The smallest absolute Gasteiger partial charge is 0.191 e. The van der Waals surface area contributed by atoms with E-state index in [0.717, 1.165) is 57.9 Å². The Hall–Kier alpha value is -0.850. The summed E-state index contributed by atoms with van der Waals surface area (Å²) in [5.74, 6) is 0.978. The first-order valence-electron chi connectivity index (χ1n) is 11.2. The topological polar surface area (TPSA) is 52.1 Å². The highest BCUT2D eigenvalue weighted by molar-refractivity contribution is 5.79. The molecule has 6 heteroatoms. The molecule has 1 aliphatic heterocycles. The van der Waals surface area contributed by atoms with E-state index in [4.69, 9.17) is 9.73 Å². The molecule has 1 unspecified atom stereocenters. The highest BCUT2D eigenvalue weighted by Gasteiger charge is 2.38. The van der Waals surface area contributed by atoms with Crippen molar-refractivity contribution in [3.05, 3.63) is 0 Å². The standard InChI is InChI=1S/C21H41N5O/c1-4-22-20(23-16-18(2)25(3)19-8-9-19)24-17-21(10-6-5-7-11-21)26-12-14-27-15-13-26/h18-19H,4-17H2,1-3H3,(H2,22,23,24). The fourth-order valence-corrected chi connectivity index (χ4v) is 4.62. The van der Waals surface area contributed by atoms with Crippen molar-refractivity contribution in [2.75, 3.05) is 53.0 Å². The summed E-state index contributed by atoms with van der Waals surface area (Å²) >= 11 is 0. The van der Waals surface area contributed by atoms with Gasteiger partial charge in [-0.15, -0.1) is 0 Å². The van der Waals surface area contributed by atoms with Crippen LogP contribution in [0.3, 0.4) is 0 Å². The molecule has 156 valence electrons. The lowest BCUT2D eigenvalue weighted by Gasteiger charge is -2.47. The number of hydrogen-bond acceptors (Lipinski definition) is 4. The van der Waals surface area contributed by atoms with Gasteiger partial charge in [0.2, 0.25) is 0 Å². The average Bonchev–Trinajstić information content (AvgIpc) is 3.56. The number of guanidine groups is 1. The van der Waals surface area contributed by atoms with Gasteiger partial charge < -0.3 is 15.4 Å². The molecule has 3 aliphatic rings. The number of ether oxygens (including phenoxy) is 1. The Morgan fingerprint density at radius 2 is 1.89 bits per heavy atom. The minimum absolute atomic E-state index is 0.237. The van der Waals surface area contributed by atoms with Crippen molar-refractivity contribution >= 4 is 5.96 Å². The summed E-state index contributed by atoms with van der Waals surface area (Å²) in [6.45, 7) is 11.1. The summed E-state index contributed by atoms with van der Waals surface area (Å²) in [6, 6.07) is 1.33. The van der Waals surface area contributed by atoms with E-state index >= 15 is 0 Å². The van der Waals surface area contributed by atoms with Gasteiger partial charge in [-0.1, -0.05) is 19.3 Å². The molecular formula is C21H41N5O. The molecule has 3 rings (SSSR count). The van der Waals surface area contributed by atoms with Crippen molar-refractivity contribution in [2.45, 2.75) is 76.4 Å². The van der Waals surface area contributed by atoms with E-state index in [9.17, 15) is 0 Å². The fraction of sp³-hybridized carbons (Fsp3) is 0.952. The number of aliphatic imine (C=N–C) groups is 1. The van der Waals surface area contributed by atoms with Crippen LogP contribution in [0.4, 0.5) is 0 Å². The number of hydrogen-bond donors (Lipinski definition) is 2. The zero-order valence-electron chi connectivity index (χ0n) is 17.8. The Balaban J connectivity index is 1.60. The van der Waals surface area contributed by atoms with Gasteiger partial charge in [0.1, 0.15) is 0 Å². The van der Waals surface area contributed by atoms with Gasteiger partial charge in [-0.3, -0.25) is 14.8 Å². The van der Waals surface area contributed by atoms with Crippen molar-refractivity contribution in [1.82, 2.24) is 20.4 Å². The highest BCUT2D eigenvalue weighted by atomic mass is 16.5. The molecule has 0 spiro atoms. The summed E-state index contributed by atoms with van der Waals surface area (Å²) in [7, 11) is 2.25. The van der Waals surface area contributed by atoms with Gasteiger partial charge in [0.05, 0.1) is 19.8 Å². The molecule has 2 saturated carbocycles. The Bertz CT molecular complexity index is 467. The lowest BCUT2D eigenvalue weighted by molar-refractivity contribution is -0.0333. The number of nitrogens with zero attached hydrogens (tertiary/aromatic N) is 3. The number of morpholine rings is 1. The fourth-order valence-electron chi connectivity index (χ4n) is 4.62. The molecule has 0 aromatic carbocycles. The first-order chi connectivity index (χ1) is 13.1. The predicted molar refractivity (Wildman–Crippen MR) is 112 cm³/mol. The van der Waals surface area contributed by atoms with E-state index in [1.807, 2.05) is 0 Å². The second-order valence-corrected chi connectivity index (χ2v) is 8.71. The first-order valence-corrected chi connectivity index (χ1v) is 11.2. The molecule has 27 heavy (non-hydrogen) atoms. The minimum Gasteiger partial charge on any atom is -0.379 e. The highest BCUT2D eigenvalue weighted by Crippen LogP contribution is 2.34. The summed E-state index contributed by atoms with van der Waals surface area (Å²) in [4.78, 5) is 10.2. The molecule has 1 atom stereocenters. The zero-order valence-corrected chi connectivity index (χ0v) is 17.8. The molecule has 2 N–H and O–H groups in total. The molecule has 0 bridgehead atoms. The maximum absolute atomic E-state index is 5.60. The van der Waals surface area contributed by atoms with Crippen LogP contribution in [0.2, 0.25) is 0 Å². The monoisotopic (exact) mass is 379 g/mol. The molecule has 3 fully saturated rings. The van der Waals surface area contributed by atoms with Crippen LogP contribution in [0.5, 0.6) is 0 Å². The molecule has 0 aromatic rings. The van der Waals surface area contributed by atoms with Gasteiger partial charge in [-0.05, 0) is 46.6 Å². The number of nitrogens with one attached hydrogen (secondary N) is 2. The van der Waals surface area contributed by atoms with Gasteiger partial charge in [-0.2, -0.15) is 0 Å². The third kappa shape index (κ3) is 5.81. The second kappa shape index (κ2) is 10.1. The van der Waals surface area contributed by atoms with Crippen LogP contribution < -0.4 is 10.6 Å². The van der Waals surface area contributed by atoms with E-state index in [1.165, 1.54) is 44.9 Å². The molecule has 0 aromatic heterocycles. The maximum Gasteiger partial charge on any atom is 0.191 e.